The number of thiazole rings is 1. The Morgan fingerprint density at radius 2 is 2.17 bits per heavy atom. The summed E-state index contributed by atoms with van der Waals surface area (Å²) in [4.78, 5) is 15.8. The van der Waals surface area contributed by atoms with Gasteiger partial charge in [-0.25, -0.2) is 4.98 Å². The van der Waals surface area contributed by atoms with Gasteiger partial charge in [0.05, 0.1) is 16.3 Å². The van der Waals surface area contributed by atoms with Gasteiger partial charge in [-0.05, 0) is 38.5 Å². The number of carbonyl (C=O) groups is 1. The Balaban J connectivity index is 2.17. The van der Waals surface area contributed by atoms with E-state index in [1.165, 1.54) is 0 Å². The van der Waals surface area contributed by atoms with Gasteiger partial charge >= 0.3 is 0 Å². The molecule has 0 atom stereocenters. The molecule has 0 bridgehead atoms. The van der Waals surface area contributed by atoms with E-state index >= 15 is 0 Å². The molecule has 0 aliphatic rings. The highest BCUT2D eigenvalue weighted by Crippen LogP contribution is 2.22. The number of hydrogen-bond donors (Lipinski definition) is 0. The molecular weight excluding hydrogens is 246 g/mol. The Kier molecular flexibility index (Phi) is 3.77. The minimum atomic E-state index is 0.0134. The smallest absolute Gasteiger partial charge is 0.163 e. The van der Waals surface area contributed by atoms with Crippen LogP contribution in [0.5, 0.6) is 5.75 Å². The van der Waals surface area contributed by atoms with Crippen LogP contribution in [0.3, 0.4) is 0 Å². The number of carbonyl (C=O) groups excluding carboxylic acids is 1. The summed E-state index contributed by atoms with van der Waals surface area (Å²) in [5.41, 5.74) is 2.59. The Labute approximate surface area is 110 Å². The maximum absolute atomic E-state index is 11.5. The van der Waals surface area contributed by atoms with Gasteiger partial charge in [-0.3, -0.25) is 4.79 Å². The van der Waals surface area contributed by atoms with Gasteiger partial charge in [0, 0.05) is 5.38 Å². The molecule has 1 aromatic carbocycles. The molecule has 0 fully saturated rings. The van der Waals surface area contributed by atoms with E-state index < -0.39 is 0 Å². The fraction of sp³-hybridized carbons (Fsp3) is 0.286. The SMILES string of the molecule is CC(=O)c1ccc(C)cc1OCc1csc(C)n1. The highest BCUT2D eigenvalue weighted by atomic mass is 32.1. The monoisotopic (exact) mass is 261 g/mol. The van der Waals surface area contributed by atoms with Gasteiger partial charge < -0.3 is 4.74 Å². The molecule has 1 aromatic heterocycles. The zero-order valence-electron chi connectivity index (χ0n) is 10.7. The van der Waals surface area contributed by atoms with E-state index in [1.807, 2.05) is 31.4 Å². The zero-order chi connectivity index (χ0) is 13.1. The van der Waals surface area contributed by atoms with Crippen molar-refractivity contribution in [3.05, 3.63) is 45.4 Å². The maximum atomic E-state index is 11.5. The second-order valence-corrected chi connectivity index (χ2v) is 5.26. The number of hydrogen-bond acceptors (Lipinski definition) is 4. The second kappa shape index (κ2) is 5.31. The Hall–Kier alpha value is -1.68. The van der Waals surface area contributed by atoms with Crippen molar-refractivity contribution in [1.82, 2.24) is 4.98 Å². The largest absolute Gasteiger partial charge is 0.486 e. The van der Waals surface area contributed by atoms with E-state index in [-0.39, 0.29) is 5.78 Å². The number of ether oxygens (including phenoxy) is 1. The van der Waals surface area contributed by atoms with Gasteiger partial charge in [-0.1, -0.05) is 6.07 Å². The van der Waals surface area contributed by atoms with Crippen molar-refractivity contribution in [3.63, 3.8) is 0 Å². The fourth-order valence-corrected chi connectivity index (χ4v) is 2.26. The van der Waals surface area contributed by atoms with Crippen molar-refractivity contribution in [2.45, 2.75) is 27.4 Å². The van der Waals surface area contributed by atoms with Crippen molar-refractivity contribution in [3.8, 4) is 5.75 Å². The van der Waals surface area contributed by atoms with E-state index in [0.29, 0.717) is 17.9 Å². The van der Waals surface area contributed by atoms with Crippen LogP contribution in [0.25, 0.3) is 0 Å². The number of ketones is 1. The number of nitrogens with zero attached hydrogens (tertiary/aromatic N) is 1. The van der Waals surface area contributed by atoms with Crippen molar-refractivity contribution in [2.75, 3.05) is 0 Å². The van der Waals surface area contributed by atoms with Crippen LogP contribution in [0.2, 0.25) is 0 Å². The van der Waals surface area contributed by atoms with Gasteiger partial charge in [0.15, 0.2) is 5.78 Å². The molecule has 0 saturated heterocycles. The first-order valence-electron chi connectivity index (χ1n) is 5.71. The lowest BCUT2D eigenvalue weighted by Gasteiger charge is -2.09. The third kappa shape index (κ3) is 2.96. The van der Waals surface area contributed by atoms with E-state index in [9.17, 15) is 4.79 Å². The lowest BCUT2D eigenvalue weighted by molar-refractivity contribution is 0.101. The van der Waals surface area contributed by atoms with Crippen LogP contribution in [-0.4, -0.2) is 10.8 Å². The summed E-state index contributed by atoms with van der Waals surface area (Å²) in [6.07, 6.45) is 0. The molecule has 0 radical (unpaired) electrons. The highest BCUT2D eigenvalue weighted by molar-refractivity contribution is 7.09. The highest BCUT2D eigenvalue weighted by Gasteiger charge is 2.09. The first-order valence-corrected chi connectivity index (χ1v) is 6.59. The van der Waals surface area contributed by atoms with Crippen molar-refractivity contribution in [1.29, 1.82) is 0 Å². The molecular formula is C14H15NO2S. The molecule has 3 nitrogen and oxygen atoms in total. The van der Waals surface area contributed by atoms with Crippen LogP contribution in [0.4, 0.5) is 0 Å². The minimum Gasteiger partial charge on any atom is -0.486 e. The minimum absolute atomic E-state index is 0.0134. The molecule has 2 aromatic rings. The topological polar surface area (TPSA) is 39.2 Å². The predicted molar refractivity (Wildman–Crippen MR) is 72.4 cm³/mol. The number of aromatic nitrogens is 1. The summed E-state index contributed by atoms with van der Waals surface area (Å²) in [7, 11) is 0. The molecule has 0 saturated carbocycles. The van der Waals surface area contributed by atoms with Crippen LogP contribution < -0.4 is 4.74 Å². The van der Waals surface area contributed by atoms with Crippen molar-refractivity contribution >= 4 is 17.1 Å². The Morgan fingerprint density at radius 1 is 1.39 bits per heavy atom. The third-order valence-electron chi connectivity index (χ3n) is 2.56. The predicted octanol–water partition coefficient (Wildman–Crippen LogP) is 3.54. The van der Waals surface area contributed by atoms with E-state index in [4.69, 9.17) is 4.74 Å². The van der Waals surface area contributed by atoms with Crippen LogP contribution >= 0.6 is 11.3 Å². The molecule has 2 rings (SSSR count). The van der Waals surface area contributed by atoms with Crippen LogP contribution in [-0.2, 0) is 6.61 Å². The van der Waals surface area contributed by atoms with Crippen LogP contribution in [0.1, 0.15) is 33.5 Å². The average molecular weight is 261 g/mol. The summed E-state index contributed by atoms with van der Waals surface area (Å²) in [5, 5.41) is 2.99. The number of benzene rings is 1. The number of rotatable bonds is 4. The normalized spacial score (nSPS) is 10.4. The summed E-state index contributed by atoms with van der Waals surface area (Å²) >= 11 is 1.60. The standard InChI is InChI=1S/C14H15NO2S/c1-9-4-5-13(10(2)16)14(6-9)17-7-12-8-18-11(3)15-12/h4-6,8H,7H2,1-3H3. The first kappa shape index (κ1) is 12.8. The van der Waals surface area contributed by atoms with Crippen LogP contribution in [0.15, 0.2) is 23.6 Å². The number of Topliss-reactive ketones (excluding diaryl/α,β-unsaturated/α-hetero) is 1. The van der Waals surface area contributed by atoms with E-state index in [2.05, 4.69) is 4.98 Å². The quantitative estimate of drug-likeness (QED) is 0.790. The molecule has 0 unspecified atom stereocenters. The molecule has 0 N–H and O–H groups in total. The Morgan fingerprint density at radius 3 is 2.78 bits per heavy atom. The van der Waals surface area contributed by atoms with Crippen molar-refractivity contribution in [2.24, 2.45) is 0 Å². The fourth-order valence-electron chi connectivity index (χ4n) is 1.67. The van der Waals surface area contributed by atoms with E-state index in [1.54, 1.807) is 24.3 Å². The summed E-state index contributed by atoms with van der Waals surface area (Å²) in [6, 6.07) is 5.60. The van der Waals surface area contributed by atoms with E-state index in [0.717, 1.165) is 16.3 Å². The van der Waals surface area contributed by atoms with Crippen molar-refractivity contribution < 1.29 is 9.53 Å². The molecule has 0 aliphatic carbocycles. The molecule has 0 aliphatic heterocycles. The molecule has 1 heterocycles. The maximum Gasteiger partial charge on any atom is 0.163 e. The molecule has 0 amide bonds. The second-order valence-electron chi connectivity index (χ2n) is 4.20. The summed E-state index contributed by atoms with van der Waals surface area (Å²) in [5.74, 6) is 0.646. The molecule has 94 valence electrons. The van der Waals surface area contributed by atoms with Gasteiger partial charge in [0.2, 0.25) is 0 Å². The van der Waals surface area contributed by atoms with Gasteiger partial charge in [-0.2, -0.15) is 0 Å². The third-order valence-corrected chi connectivity index (χ3v) is 3.38. The zero-order valence-corrected chi connectivity index (χ0v) is 11.5. The van der Waals surface area contributed by atoms with Gasteiger partial charge in [0.25, 0.3) is 0 Å². The number of aryl methyl sites for hydroxylation is 2. The molecule has 0 spiro atoms. The Bertz CT molecular complexity index is 575. The average Bonchev–Trinajstić information content (AvgIpc) is 2.72. The van der Waals surface area contributed by atoms with Gasteiger partial charge in [0.1, 0.15) is 12.4 Å². The molecule has 4 heteroatoms. The van der Waals surface area contributed by atoms with Gasteiger partial charge in [-0.15, -0.1) is 11.3 Å². The van der Waals surface area contributed by atoms with Crippen LogP contribution in [0, 0.1) is 13.8 Å². The lowest BCUT2D eigenvalue weighted by atomic mass is 10.1. The summed E-state index contributed by atoms with van der Waals surface area (Å²) < 4.78 is 5.70. The molecule has 18 heavy (non-hydrogen) atoms. The summed E-state index contributed by atoms with van der Waals surface area (Å²) in [6.45, 7) is 5.88. The first-order chi connectivity index (χ1) is 8.56. The lowest BCUT2D eigenvalue weighted by Crippen LogP contribution is -2.02.